The number of nitrogens with one attached hydrogen (secondary N) is 1. The van der Waals surface area contributed by atoms with Crippen molar-refractivity contribution in [2.24, 2.45) is 5.73 Å². The van der Waals surface area contributed by atoms with Gasteiger partial charge in [-0.2, -0.15) is 0 Å². The zero-order chi connectivity index (χ0) is 14.3. The van der Waals surface area contributed by atoms with Gasteiger partial charge in [-0.3, -0.25) is 4.79 Å². The van der Waals surface area contributed by atoms with Crippen LogP contribution in [0, 0.1) is 0 Å². The molecule has 1 amide bonds. The number of hydrogen-bond acceptors (Lipinski definition) is 4. The van der Waals surface area contributed by atoms with E-state index in [0.29, 0.717) is 18.9 Å². The summed E-state index contributed by atoms with van der Waals surface area (Å²) in [6.45, 7) is 6.85. The largest absolute Gasteiger partial charge is 0.494 e. The molecule has 0 aliphatic rings. The Morgan fingerprint density at radius 3 is 2.53 bits per heavy atom. The minimum absolute atomic E-state index is 0.00525. The number of hydrogen-bond donors (Lipinski definition) is 2. The Labute approximate surface area is 119 Å². The Morgan fingerprint density at radius 1 is 1.37 bits per heavy atom. The second-order valence-electron chi connectivity index (χ2n) is 4.83. The number of ether oxygens (including phenoxy) is 1. The van der Waals surface area contributed by atoms with E-state index in [1.807, 2.05) is 45.0 Å². The van der Waals surface area contributed by atoms with Gasteiger partial charge in [0.25, 0.3) is 0 Å². The minimum atomic E-state index is -0.351. The van der Waals surface area contributed by atoms with Crippen LogP contribution in [0.4, 0.5) is 0 Å². The van der Waals surface area contributed by atoms with Crippen molar-refractivity contribution in [1.29, 1.82) is 0 Å². The Morgan fingerprint density at radius 2 is 2.00 bits per heavy atom. The Balaban J connectivity index is 2.42. The van der Waals surface area contributed by atoms with Gasteiger partial charge >= 0.3 is 0 Å². The standard InChI is InChI=1S/C14H22N2O2S/c1-4-18-11-5-7-12(8-6-11)19-9-13(17)16-14(2,3)10-15/h5-8H,4,9-10,15H2,1-3H3,(H,16,17). The second-order valence-corrected chi connectivity index (χ2v) is 5.88. The van der Waals surface area contributed by atoms with Gasteiger partial charge in [-0.25, -0.2) is 0 Å². The monoisotopic (exact) mass is 282 g/mol. The summed E-state index contributed by atoms with van der Waals surface area (Å²) in [5.41, 5.74) is 5.22. The van der Waals surface area contributed by atoms with Crippen LogP contribution in [-0.4, -0.2) is 30.4 Å². The molecule has 4 nitrogen and oxygen atoms in total. The van der Waals surface area contributed by atoms with E-state index in [9.17, 15) is 4.79 Å². The van der Waals surface area contributed by atoms with Crippen LogP contribution in [0.1, 0.15) is 20.8 Å². The summed E-state index contributed by atoms with van der Waals surface area (Å²) in [5, 5.41) is 2.90. The molecule has 0 aromatic heterocycles. The second kappa shape index (κ2) is 7.40. The zero-order valence-electron chi connectivity index (χ0n) is 11.7. The number of carbonyl (C=O) groups excluding carboxylic acids is 1. The first-order valence-electron chi connectivity index (χ1n) is 6.33. The first kappa shape index (κ1) is 15.9. The van der Waals surface area contributed by atoms with Gasteiger partial charge in [0.1, 0.15) is 5.75 Å². The van der Waals surface area contributed by atoms with E-state index in [2.05, 4.69) is 5.32 Å². The lowest BCUT2D eigenvalue weighted by Gasteiger charge is -2.24. The summed E-state index contributed by atoms with van der Waals surface area (Å²) in [6.07, 6.45) is 0. The van der Waals surface area contributed by atoms with Gasteiger partial charge in [0.2, 0.25) is 5.91 Å². The van der Waals surface area contributed by atoms with Crippen molar-refractivity contribution in [1.82, 2.24) is 5.32 Å². The van der Waals surface area contributed by atoms with E-state index in [-0.39, 0.29) is 11.4 Å². The SMILES string of the molecule is CCOc1ccc(SCC(=O)NC(C)(C)CN)cc1. The quantitative estimate of drug-likeness (QED) is 0.751. The molecule has 0 spiro atoms. The van der Waals surface area contributed by atoms with Gasteiger partial charge in [-0.05, 0) is 45.0 Å². The van der Waals surface area contributed by atoms with E-state index in [1.54, 1.807) is 0 Å². The lowest BCUT2D eigenvalue weighted by molar-refractivity contribution is -0.120. The molecule has 1 aromatic rings. The summed E-state index contributed by atoms with van der Waals surface area (Å²) in [4.78, 5) is 12.8. The molecular formula is C14H22N2O2S. The van der Waals surface area contributed by atoms with Crippen molar-refractivity contribution in [2.45, 2.75) is 31.2 Å². The van der Waals surface area contributed by atoms with Crippen LogP contribution in [-0.2, 0) is 4.79 Å². The van der Waals surface area contributed by atoms with E-state index < -0.39 is 0 Å². The van der Waals surface area contributed by atoms with Crippen LogP contribution in [0.3, 0.4) is 0 Å². The predicted molar refractivity (Wildman–Crippen MR) is 79.6 cm³/mol. The van der Waals surface area contributed by atoms with Crippen LogP contribution in [0.25, 0.3) is 0 Å². The first-order chi connectivity index (χ1) is 8.96. The van der Waals surface area contributed by atoms with Crippen molar-refractivity contribution in [3.05, 3.63) is 24.3 Å². The third-order valence-electron chi connectivity index (χ3n) is 2.49. The van der Waals surface area contributed by atoms with Gasteiger partial charge < -0.3 is 15.8 Å². The highest BCUT2D eigenvalue weighted by molar-refractivity contribution is 8.00. The average Bonchev–Trinajstić information content (AvgIpc) is 2.38. The van der Waals surface area contributed by atoms with Crippen molar-refractivity contribution in [2.75, 3.05) is 18.9 Å². The lowest BCUT2D eigenvalue weighted by Crippen LogP contribution is -2.49. The number of thioether (sulfide) groups is 1. The molecule has 0 saturated carbocycles. The van der Waals surface area contributed by atoms with Crippen molar-refractivity contribution < 1.29 is 9.53 Å². The smallest absolute Gasteiger partial charge is 0.230 e. The van der Waals surface area contributed by atoms with Crippen LogP contribution in [0.15, 0.2) is 29.2 Å². The maximum absolute atomic E-state index is 11.7. The molecule has 0 bridgehead atoms. The fourth-order valence-corrected chi connectivity index (χ4v) is 2.11. The Bertz CT molecular complexity index is 404. The summed E-state index contributed by atoms with van der Waals surface area (Å²) in [5.74, 6) is 1.23. The molecule has 5 heteroatoms. The molecule has 0 heterocycles. The fraction of sp³-hybridized carbons (Fsp3) is 0.500. The Kier molecular flexibility index (Phi) is 6.18. The molecule has 0 saturated heterocycles. The molecule has 1 aromatic carbocycles. The Hall–Kier alpha value is -1.20. The summed E-state index contributed by atoms with van der Waals surface area (Å²) < 4.78 is 5.36. The van der Waals surface area contributed by atoms with Gasteiger partial charge in [0, 0.05) is 17.0 Å². The lowest BCUT2D eigenvalue weighted by atomic mass is 10.1. The highest BCUT2D eigenvalue weighted by Crippen LogP contribution is 2.21. The fourth-order valence-electron chi connectivity index (χ4n) is 1.41. The van der Waals surface area contributed by atoms with Crippen LogP contribution in [0.2, 0.25) is 0 Å². The van der Waals surface area contributed by atoms with E-state index in [4.69, 9.17) is 10.5 Å². The topological polar surface area (TPSA) is 64.3 Å². The third-order valence-corrected chi connectivity index (χ3v) is 3.50. The van der Waals surface area contributed by atoms with Crippen molar-refractivity contribution in [3.63, 3.8) is 0 Å². The van der Waals surface area contributed by atoms with Gasteiger partial charge in [0.05, 0.1) is 12.4 Å². The first-order valence-corrected chi connectivity index (χ1v) is 7.32. The molecule has 0 radical (unpaired) electrons. The van der Waals surface area contributed by atoms with Gasteiger partial charge in [-0.1, -0.05) is 0 Å². The highest BCUT2D eigenvalue weighted by atomic mass is 32.2. The summed E-state index contributed by atoms with van der Waals surface area (Å²) in [7, 11) is 0. The van der Waals surface area contributed by atoms with Gasteiger partial charge in [-0.15, -0.1) is 11.8 Å². The molecule has 0 aliphatic heterocycles. The van der Waals surface area contributed by atoms with Crippen molar-refractivity contribution >= 4 is 17.7 Å². The van der Waals surface area contributed by atoms with Crippen molar-refractivity contribution in [3.8, 4) is 5.75 Å². The molecule has 0 aliphatic carbocycles. The van der Waals surface area contributed by atoms with Gasteiger partial charge in [0.15, 0.2) is 0 Å². The van der Waals surface area contributed by atoms with Crippen LogP contribution >= 0.6 is 11.8 Å². The van der Waals surface area contributed by atoms with E-state index in [1.165, 1.54) is 11.8 Å². The number of nitrogens with two attached hydrogens (primary N) is 1. The molecular weight excluding hydrogens is 260 g/mol. The highest BCUT2D eigenvalue weighted by Gasteiger charge is 2.17. The molecule has 0 atom stereocenters. The summed E-state index contributed by atoms with van der Waals surface area (Å²) >= 11 is 1.50. The minimum Gasteiger partial charge on any atom is -0.494 e. The molecule has 19 heavy (non-hydrogen) atoms. The number of amides is 1. The summed E-state index contributed by atoms with van der Waals surface area (Å²) in [6, 6.07) is 7.73. The predicted octanol–water partition coefficient (Wildman–Crippen LogP) is 2.03. The normalized spacial score (nSPS) is 11.2. The third kappa shape index (κ3) is 5.98. The number of rotatable bonds is 7. The molecule has 106 valence electrons. The van der Waals surface area contributed by atoms with E-state index >= 15 is 0 Å². The maximum atomic E-state index is 11.7. The zero-order valence-corrected chi connectivity index (χ0v) is 12.5. The molecule has 0 unspecified atom stereocenters. The molecule has 1 rings (SSSR count). The maximum Gasteiger partial charge on any atom is 0.230 e. The number of carbonyl (C=O) groups is 1. The number of benzene rings is 1. The van der Waals surface area contributed by atoms with E-state index in [0.717, 1.165) is 10.6 Å². The van der Waals surface area contributed by atoms with Crippen LogP contribution < -0.4 is 15.8 Å². The molecule has 3 N–H and O–H groups in total. The van der Waals surface area contributed by atoms with Crippen LogP contribution in [0.5, 0.6) is 5.75 Å². The molecule has 0 fully saturated rings. The average molecular weight is 282 g/mol.